The van der Waals surface area contributed by atoms with Gasteiger partial charge in [-0.25, -0.2) is 15.0 Å². The maximum Gasteiger partial charge on any atom is 0.338 e. The summed E-state index contributed by atoms with van der Waals surface area (Å²) in [4.78, 5) is 39.2. The predicted octanol–water partition coefficient (Wildman–Crippen LogP) is 0.343. The molecule has 0 aliphatic carbocycles. The number of urea groups is 1. The number of carbonyl (C=O) groups is 3. The molecule has 2 unspecified atom stereocenters. The first-order valence-corrected chi connectivity index (χ1v) is 9.10. The van der Waals surface area contributed by atoms with Crippen molar-refractivity contribution < 1.29 is 23.5 Å². The molecule has 10 nitrogen and oxygen atoms in total. The van der Waals surface area contributed by atoms with Crippen LogP contribution in [0.1, 0.15) is 25.1 Å². The molecular weight excluding hydrogens is 366 g/mol. The highest BCUT2D eigenvalue weighted by molar-refractivity contribution is 5.95. The monoisotopic (exact) mass is 387 g/mol. The van der Waals surface area contributed by atoms with Crippen molar-refractivity contribution in [1.29, 1.82) is 0 Å². The molecule has 0 aromatic carbocycles. The van der Waals surface area contributed by atoms with Crippen molar-refractivity contribution in [3.63, 3.8) is 0 Å². The molecule has 1 aromatic rings. The zero-order valence-corrected chi connectivity index (χ0v) is 15.3. The average molecular weight is 387 g/mol. The van der Waals surface area contributed by atoms with Crippen LogP contribution in [0.3, 0.4) is 0 Å². The molecular formula is C18H21N5O5. The largest absolute Gasteiger partial charge is 0.467 e. The van der Waals surface area contributed by atoms with Crippen molar-refractivity contribution in [1.82, 2.24) is 26.0 Å². The molecule has 1 aromatic heterocycles. The minimum Gasteiger partial charge on any atom is -0.467 e. The SMILES string of the molecule is CCOC(=O)C1=C(CN2C=CN3NCCC3C2=O)NC(=O)NC1c1ccco1. The molecule has 3 aliphatic rings. The van der Waals surface area contributed by atoms with Crippen molar-refractivity contribution in [2.24, 2.45) is 0 Å². The van der Waals surface area contributed by atoms with Crippen LogP contribution < -0.4 is 16.1 Å². The van der Waals surface area contributed by atoms with Crippen molar-refractivity contribution >= 4 is 17.9 Å². The Morgan fingerprint density at radius 1 is 1.36 bits per heavy atom. The molecule has 1 saturated heterocycles. The number of hydrogen-bond acceptors (Lipinski definition) is 7. The molecule has 2 atom stereocenters. The number of esters is 1. The van der Waals surface area contributed by atoms with E-state index in [4.69, 9.17) is 9.15 Å². The van der Waals surface area contributed by atoms with Crippen molar-refractivity contribution in [3.8, 4) is 0 Å². The van der Waals surface area contributed by atoms with Gasteiger partial charge in [-0.05, 0) is 25.5 Å². The van der Waals surface area contributed by atoms with Crippen LogP contribution in [-0.4, -0.2) is 53.6 Å². The zero-order valence-electron chi connectivity index (χ0n) is 15.3. The number of fused-ring (bicyclic) bond motifs is 1. The highest BCUT2D eigenvalue weighted by atomic mass is 16.5. The van der Waals surface area contributed by atoms with Gasteiger partial charge in [-0.15, -0.1) is 0 Å². The van der Waals surface area contributed by atoms with Gasteiger partial charge in [0.2, 0.25) is 0 Å². The number of hydrogen-bond donors (Lipinski definition) is 3. The Hall–Kier alpha value is -3.27. The zero-order chi connectivity index (χ0) is 19.7. The molecule has 4 rings (SSSR count). The molecule has 0 saturated carbocycles. The lowest BCUT2D eigenvalue weighted by Gasteiger charge is -2.34. The van der Waals surface area contributed by atoms with Gasteiger partial charge in [-0.3, -0.25) is 4.79 Å². The van der Waals surface area contributed by atoms with E-state index >= 15 is 0 Å². The summed E-state index contributed by atoms with van der Waals surface area (Å²) in [6, 6.07) is 1.76. The average Bonchev–Trinajstić information content (AvgIpc) is 3.35. The molecule has 3 aliphatic heterocycles. The first-order chi connectivity index (χ1) is 13.6. The van der Waals surface area contributed by atoms with E-state index in [-0.39, 0.29) is 30.7 Å². The van der Waals surface area contributed by atoms with Gasteiger partial charge in [0.05, 0.1) is 30.7 Å². The van der Waals surface area contributed by atoms with Gasteiger partial charge in [0.25, 0.3) is 5.91 Å². The number of carbonyl (C=O) groups excluding carboxylic acids is 3. The van der Waals surface area contributed by atoms with E-state index in [0.717, 1.165) is 0 Å². The Morgan fingerprint density at radius 2 is 2.21 bits per heavy atom. The smallest absolute Gasteiger partial charge is 0.338 e. The van der Waals surface area contributed by atoms with Crippen molar-refractivity contribution in [2.75, 3.05) is 19.7 Å². The van der Waals surface area contributed by atoms with Gasteiger partial charge in [0, 0.05) is 18.9 Å². The number of furan rings is 1. The Bertz CT molecular complexity index is 847. The molecule has 1 fully saturated rings. The number of nitrogens with zero attached hydrogens (tertiary/aromatic N) is 2. The maximum absolute atomic E-state index is 12.8. The van der Waals surface area contributed by atoms with Crippen LogP contribution in [0.5, 0.6) is 0 Å². The number of ether oxygens (including phenoxy) is 1. The summed E-state index contributed by atoms with van der Waals surface area (Å²) in [7, 11) is 0. The third kappa shape index (κ3) is 3.22. The van der Waals surface area contributed by atoms with Gasteiger partial charge in [-0.2, -0.15) is 0 Å². The Balaban J connectivity index is 1.68. The van der Waals surface area contributed by atoms with Crippen LogP contribution in [0.15, 0.2) is 46.5 Å². The third-order valence-electron chi connectivity index (χ3n) is 4.83. The fourth-order valence-corrected chi connectivity index (χ4v) is 3.56. The summed E-state index contributed by atoms with van der Waals surface area (Å²) in [6.07, 6.45) is 5.55. The van der Waals surface area contributed by atoms with Gasteiger partial charge in [0.1, 0.15) is 17.8 Å². The summed E-state index contributed by atoms with van der Waals surface area (Å²) in [5.41, 5.74) is 3.63. The van der Waals surface area contributed by atoms with Crippen molar-refractivity contribution in [2.45, 2.75) is 25.4 Å². The van der Waals surface area contributed by atoms with E-state index < -0.39 is 18.0 Å². The number of nitrogens with one attached hydrogen (secondary N) is 3. The molecule has 28 heavy (non-hydrogen) atoms. The number of rotatable bonds is 5. The Morgan fingerprint density at radius 3 is 2.96 bits per heavy atom. The normalized spacial score (nSPS) is 24.2. The van der Waals surface area contributed by atoms with Gasteiger partial charge < -0.3 is 29.7 Å². The highest BCUT2D eigenvalue weighted by Gasteiger charge is 2.39. The predicted molar refractivity (Wildman–Crippen MR) is 95.9 cm³/mol. The van der Waals surface area contributed by atoms with Gasteiger partial charge >= 0.3 is 12.0 Å². The lowest BCUT2D eigenvalue weighted by Crippen LogP contribution is -2.52. The molecule has 148 valence electrons. The first kappa shape index (κ1) is 18.1. The van der Waals surface area contributed by atoms with Gasteiger partial charge in [-0.1, -0.05) is 0 Å². The number of amides is 3. The van der Waals surface area contributed by atoms with Crippen LogP contribution >= 0.6 is 0 Å². The summed E-state index contributed by atoms with van der Waals surface area (Å²) in [5, 5.41) is 7.11. The van der Waals surface area contributed by atoms with E-state index in [9.17, 15) is 14.4 Å². The van der Waals surface area contributed by atoms with Crippen LogP contribution in [0, 0.1) is 0 Å². The summed E-state index contributed by atoms with van der Waals surface area (Å²) < 4.78 is 10.6. The second kappa shape index (κ2) is 7.39. The Labute approximate surface area is 161 Å². The molecule has 0 bridgehead atoms. The van der Waals surface area contributed by atoms with Crippen LogP contribution in [0.2, 0.25) is 0 Å². The lowest BCUT2D eigenvalue weighted by molar-refractivity contribution is -0.139. The van der Waals surface area contributed by atoms with Crippen LogP contribution in [0.25, 0.3) is 0 Å². The second-order valence-corrected chi connectivity index (χ2v) is 6.54. The summed E-state index contributed by atoms with van der Waals surface area (Å²) in [5.74, 6) is -0.281. The van der Waals surface area contributed by atoms with Gasteiger partial charge in [0.15, 0.2) is 0 Å². The topological polar surface area (TPSA) is 116 Å². The third-order valence-corrected chi connectivity index (χ3v) is 4.83. The lowest BCUT2D eigenvalue weighted by atomic mass is 9.99. The molecule has 0 spiro atoms. The highest BCUT2D eigenvalue weighted by Crippen LogP contribution is 2.29. The van der Waals surface area contributed by atoms with Crippen LogP contribution in [-0.2, 0) is 14.3 Å². The van der Waals surface area contributed by atoms with E-state index in [1.54, 1.807) is 36.5 Å². The number of hydrazine groups is 1. The molecule has 3 amide bonds. The quantitative estimate of drug-likeness (QED) is 0.624. The van der Waals surface area contributed by atoms with E-state index in [2.05, 4.69) is 16.1 Å². The van der Waals surface area contributed by atoms with E-state index in [1.165, 1.54) is 11.2 Å². The first-order valence-electron chi connectivity index (χ1n) is 9.10. The van der Waals surface area contributed by atoms with E-state index in [1.807, 2.05) is 0 Å². The standard InChI is InChI=1S/C18H21N5O5/c1-2-27-17(25)14-11(20-18(26)21-15(14)13-4-3-9-28-13)10-22-7-8-23-12(16(22)24)5-6-19-23/h3-4,7-9,12,15,19H,2,5-6,10H2,1H3,(H2,20,21,26). The maximum atomic E-state index is 12.8. The molecule has 3 N–H and O–H groups in total. The van der Waals surface area contributed by atoms with E-state index in [0.29, 0.717) is 24.4 Å². The van der Waals surface area contributed by atoms with Crippen LogP contribution in [0.4, 0.5) is 4.79 Å². The Kier molecular flexibility index (Phi) is 4.78. The summed E-state index contributed by atoms with van der Waals surface area (Å²) >= 11 is 0. The fraction of sp³-hybridized carbons (Fsp3) is 0.389. The molecule has 10 heteroatoms. The summed E-state index contributed by atoms with van der Waals surface area (Å²) in [6.45, 7) is 2.64. The fourth-order valence-electron chi connectivity index (χ4n) is 3.56. The van der Waals surface area contributed by atoms with Crippen molar-refractivity contribution in [3.05, 3.63) is 47.8 Å². The molecule has 4 heterocycles. The second-order valence-electron chi connectivity index (χ2n) is 6.54. The minimum absolute atomic E-state index is 0.0401. The minimum atomic E-state index is -0.800. The molecule has 0 radical (unpaired) electrons.